The van der Waals surface area contributed by atoms with Crippen LogP contribution >= 0.6 is 11.3 Å². The van der Waals surface area contributed by atoms with Crippen LogP contribution in [0.5, 0.6) is 0 Å². The molecule has 10 heteroatoms. The first-order valence-electron chi connectivity index (χ1n) is 12.4. The summed E-state index contributed by atoms with van der Waals surface area (Å²) >= 11 is 1.73. The molecule has 2 aliphatic heterocycles. The highest BCUT2D eigenvalue weighted by molar-refractivity contribution is 7.10. The third-order valence-corrected chi connectivity index (χ3v) is 8.89. The highest BCUT2D eigenvalue weighted by atomic mass is 32.1. The SMILES string of the molecule is CNC(=O)Nc1ccc2c(c1)CC[C@]21OC(=O)N(CC(=O)N2Cc3ccsc3CC[C@H]2C2CC2)C1=O. The number of anilines is 1. The maximum absolute atomic E-state index is 13.6. The number of imide groups is 1. The molecule has 1 aromatic heterocycles. The van der Waals surface area contributed by atoms with E-state index in [0.29, 0.717) is 36.6 Å². The minimum Gasteiger partial charge on any atom is -0.427 e. The quantitative estimate of drug-likeness (QED) is 0.658. The number of urea groups is 1. The van der Waals surface area contributed by atoms with Crippen LogP contribution in [0, 0.1) is 5.92 Å². The van der Waals surface area contributed by atoms with Gasteiger partial charge in [0.25, 0.3) is 5.91 Å². The van der Waals surface area contributed by atoms with Crippen molar-refractivity contribution in [1.82, 2.24) is 15.1 Å². The molecule has 188 valence electrons. The Kier molecular flexibility index (Phi) is 5.51. The first-order chi connectivity index (χ1) is 17.4. The van der Waals surface area contributed by atoms with E-state index < -0.39 is 17.6 Å². The second-order valence-corrected chi connectivity index (χ2v) is 11.0. The lowest BCUT2D eigenvalue weighted by Gasteiger charge is -2.31. The summed E-state index contributed by atoms with van der Waals surface area (Å²) in [5.74, 6) is -0.202. The van der Waals surface area contributed by atoms with Gasteiger partial charge in [0.15, 0.2) is 0 Å². The van der Waals surface area contributed by atoms with E-state index in [0.717, 1.165) is 41.7 Å². The van der Waals surface area contributed by atoms with Crippen LogP contribution in [0.25, 0.3) is 0 Å². The van der Waals surface area contributed by atoms with Crippen LogP contribution in [-0.2, 0) is 39.3 Å². The van der Waals surface area contributed by atoms with Gasteiger partial charge in [0, 0.05) is 42.2 Å². The minimum absolute atomic E-state index is 0.137. The van der Waals surface area contributed by atoms with Crippen LogP contribution < -0.4 is 10.6 Å². The van der Waals surface area contributed by atoms with Crippen molar-refractivity contribution in [1.29, 1.82) is 0 Å². The maximum atomic E-state index is 13.6. The predicted octanol–water partition coefficient (Wildman–Crippen LogP) is 3.37. The summed E-state index contributed by atoms with van der Waals surface area (Å²) in [5, 5.41) is 7.28. The van der Waals surface area contributed by atoms with Gasteiger partial charge in [-0.3, -0.25) is 9.59 Å². The van der Waals surface area contributed by atoms with Gasteiger partial charge in [-0.25, -0.2) is 14.5 Å². The zero-order chi connectivity index (χ0) is 25.0. The molecular formula is C26H28N4O5S. The lowest BCUT2D eigenvalue weighted by molar-refractivity contribution is -0.143. The summed E-state index contributed by atoms with van der Waals surface area (Å²) in [4.78, 5) is 56.0. The predicted molar refractivity (Wildman–Crippen MR) is 132 cm³/mol. The van der Waals surface area contributed by atoms with E-state index in [2.05, 4.69) is 22.1 Å². The Morgan fingerprint density at radius 2 is 1.97 bits per heavy atom. The van der Waals surface area contributed by atoms with Gasteiger partial charge >= 0.3 is 12.1 Å². The molecule has 36 heavy (non-hydrogen) atoms. The average molecular weight is 509 g/mol. The molecule has 2 N–H and O–H groups in total. The van der Waals surface area contributed by atoms with Crippen molar-refractivity contribution in [3.8, 4) is 0 Å². The van der Waals surface area contributed by atoms with Crippen molar-refractivity contribution < 1.29 is 23.9 Å². The van der Waals surface area contributed by atoms with Crippen molar-refractivity contribution >= 4 is 41.0 Å². The number of ether oxygens (including phenoxy) is 1. The fraction of sp³-hybridized carbons (Fsp3) is 0.462. The number of hydrogen-bond acceptors (Lipinski definition) is 6. The van der Waals surface area contributed by atoms with E-state index in [1.807, 2.05) is 4.90 Å². The molecule has 0 radical (unpaired) electrons. The van der Waals surface area contributed by atoms with E-state index in [1.165, 1.54) is 11.9 Å². The van der Waals surface area contributed by atoms with Gasteiger partial charge in [-0.1, -0.05) is 6.07 Å². The molecule has 4 aliphatic rings. The molecule has 0 bridgehead atoms. The maximum Gasteiger partial charge on any atom is 0.418 e. The average Bonchev–Trinajstić information content (AvgIpc) is 3.50. The minimum atomic E-state index is -1.41. The Hall–Kier alpha value is -3.40. The summed E-state index contributed by atoms with van der Waals surface area (Å²) in [6, 6.07) is 7.07. The van der Waals surface area contributed by atoms with Crippen LogP contribution in [0.4, 0.5) is 15.3 Å². The van der Waals surface area contributed by atoms with E-state index in [4.69, 9.17) is 4.74 Å². The number of nitrogens with zero attached hydrogens (tertiary/aromatic N) is 2. The molecule has 1 spiro atoms. The molecule has 9 nitrogen and oxygen atoms in total. The first-order valence-corrected chi connectivity index (χ1v) is 13.3. The van der Waals surface area contributed by atoms with Gasteiger partial charge in [0.2, 0.25) is 11.5 Å². The molecule has 2 fully saturated rings. The Morgan fingerprint density at radius 1 is 1.14 bits per heavy atom. The summed E-state index contributed by atoms with van der Waals surface area (Å²) in [6.45, 7) is 0.207. The summed E-state index contributed by atoms with van der Waals surface area (Å²) in [5.41, 5.74) is 1.80. The van der Waals surface area contributed by atoms with Crippen molar-refractivity contribution in [3.63, 3.8) is 0 Å². The highest BCUT2D eigenvalue weighted by Crippen LogP contribution is 2.46. The van der Waals surface area contributed by atoms with Crippen LogP contribution in [0.1, 0.15) is 47.3 Å². The molecule has 0 unspecified atom stereocenters. The highest BCUT2D eigenvalue weighted by Gasteiger charge is 2.58. The molecular weight excluding hydrogens is 480 g/mol. The zero-order valence-corrected chi connectivity index (χ0v) is 20.9. The molecule has 2 atom stereocenters. The number of amides is 5. The van der Waals surface area contributed by atoms with E-state index in [-0.39, 0.29) is 24.5 Å². The van der Waals surface area contributed by atoms with Crippen molar-refractivity contribution in [2.24, 2.45) is 5.92 Å². The number of nitrogens with one attached hydrogen (secondary N) is 2. The number of carbonyl (C=O) groups excluding carboxylic acids is 4. The number of carbonyl (C=O) groups is 4. The third kappa shape index (κ3) is 3.75. The molecule has 5 amide bonds. The Labute approximate surface area is 212 Å². The lowest BCUT2D eigenvalue weighted by atomic mass is 9.94. The van der Waals surface area contributed by atoms with E-state index >= 15 is 0 Å². The van der Waals surface area contributed by atoms with E-state index in [9.17, 15) is 19.2 Å². The molecule has 2 aliphatic carbocycles. The first kappa shape index (κ1) is 23.0. The number of benzene rings is 1. The smallest absolute Gasteiger partial charge is 0.418 e. The van der Waals surface area contributed by atoms with Crippen LogP contribution in [0.15, 0.2) is 29.6 Å². The Balaban J connectivity index is 1.22. The monoisotopic (exact) mass is 508 g/mol. The summed E-state index contributed by atoms with van der Waals surface area (Å²) in [7, 11) is 1.53. The molecule has 2 aromatic rings. The Bertz CT molecular complexity index is 1270. The van der Waals surface area contributed by atoms with Crippen molar-refractivity contribution in [2.75, 3.05) is 18.9 Å². The zero-order valence-electron chi connectivity index (χ0n) is 20.0. The van der Waals surface area contributed by atoms with Crippen molar-refractivity contribution in [2.45, 2.75) is 56.7 Å². The topological polar surface area (TPSA) is 108 Å². The number of rotatable bonds is 4. The molecule has 1 saturated carbocycles. The van der Waals surface area contributed by atoms with Gasteiger partial charge < -0.3 is 20.3 Å². The van der Waals surface area contributed by atoms with Gasteiger partial charge in [-0.15, -0.1) is 11.3 Å². The molecule has 1 aromatic carbocycles. The van der Waals surface area contributed by atoms with Crippen LogP contribution in [-0.4, -0.2) is 53.4 Å². The summed E-state index contributed by atoms with van der Waals surface area (Å²) < 4.78 is 5.72. The number of thiophene rings is 1. The second-order valence-electron chi connectivity index (χ2n) is 10.00. The fourth-order valence-electron chi connectivity index (χ4n) is 5.86. The number of fused-ring (bicyclic) bond motifs is 3. The number of hydrogen-bond donors (Lipinski definition) is 2. The largest absolute Gasteiger partial charge is 0.427 e. The van der Waals surface area contributed by atoms with E-state index in [1.54, 1.807) is 29.5 Å². The third-order valence-electron chi connectivity index (χ3n) is 7.87. The fourth-order valence-corrected chi connectivity index (χ4v) is 6.77. The Morgan fingerprint density at radius 3 is 2.75 bits per heavy atom. The summed E-state index contributed by atoms with van der Waals surface area (Å²) in [6.07, 6.45) is 4.16. The lowest BCUT2D eigenvalue weighted by Crippen LogP contribution is -2.48. The van der Waals surface area contributed by atoms with Crippen molar-refractivity contribution in [3.05, 3.63) is 51.2 Å². The van der Waals surface area contributed by atoms with Crippen LogP contribution in [0.3, 0.4) is 0 Å². The van der Waals surface area contributed by atoms with Gasteiger partial charge in [-0.2, -0.15) is 0 Å². The van der Waals surface area contributed by atoms with Crippen LogP contribution in [0.2, 0.25) is 0 Å². The molecule has 1 saturated heterocycles. The number of aryl methyl sites for hydroxylation is 2. The standard InChI is InChI=1S/C26H28N4O5S/c1-27-24(33)28-18-4-5-19-16(12-18)8-10-26(19)23(32)30(25(34)35-26)14-22(31)29-13-17-9-11-36-21(17)7-6-20(29)15-2-3-15/h4-5,9,11-12,15,20H,2-3,6-8,10,13-14H2,1H3,(H2,27,28,33)/t20-,26-/m0/s1. The van der Waals surface area contributed by atoms with Gasteiger partial charge in [0.1, 0.15) is 6.54 Å². The van der Waals surface area contributed by atoms with Gasteiger partial charge in [-0.05, 0) is 72.7 Å². The molecule has 6 rings (SSSR count). The normalized spacial score (nSPS) is 24.9. The molecule has 3 heterocycles. The second kappa shape index (κ2) is 8.62. The van der Waals surface area contributed by atoms with Gasteiger partial charge in [0.05, 0.1) is 0 Å².